The third-order valence-corrected chi connectivity index (χ3v) is 5.09. The molecule has 0 fully saturated rings. The fourth-order valence-corrected chi connectivity index (χ4v) is 3.76. The molecular formula is C20H22N2OS. The molecule has 1 aromatic heterocycles. The molecule has 24 heavy (non-hydrogen) atoms. The maximum absolute atomic E-state index is 12.2. The van der Waals surface area contributed by atoms with E-state index in [2.05, 4.69) is 36.3 Å². The Morgan fingerprint density at radius 2 is 1.88 bits per heavy atom. The molecule has 0 aliphatic heterocycles. The van der Waals surface area contributed by atoms with Crippen molar-refractivity contribution >= 4 is 33.1 Å². The summed E-state index contributed by atoms with van der Waals surface area (Å²) in [4.78, 5) is 16.8. The molecule has 1 heterocycles. The van der Waals surface area contributed by atoms with Gasteiger partial charge in [-0.15, -0.1) is 11.3 Å². The Labute approximate surface area is 146 Å². The highest BCUT2D eigenvalue weighted by atomic mass is 32.1. The van der Waals surface area contributed by atoms with Crippen LogP contribution in [0.5, 0.6) is 0 Å². The maximum Gasteiger partial charge on any atom is 0.224 e. The van der Waals surface area contributed by atoms with Crippen molar-refractivity contribution in [3.63, 3.8) is 0 Å². The molecule has 4 heteroatoms. The number of benzene rings is 2. The van der Waals surface area contributed by atoms with Crippen LogP contribution in [0.25, 0.3) is 10.2 Å². The molecule has 0 spiro atoms. The molecule has 0 unspecified atom stereocenters. The van der Waals surface area contributed by atoms with E-state index in [-0.39, 0.29) is 5.91 Å². The van der Waals surface area contributed by atoms with Crippen LogP contribution < -0.4 is 5.32 Å². The second-order valence-corrected chi connectivity index (χ2v) is 7.33. The highest BCUT2D eigenvalue weighted by Crippen LogP contribution is 2.25. The number of fused-ring (bicyclic) bond motifs is 1. The van der Waals surface area contributed by atoms with Gasteiger partial charge in [0.05, 0.1) is 15.2 Å². The molecule has 2 aromatic carbocycles. The normalized spacial score (nSPS) is 11.1. The van der Waals surface area contributed by atoms with Gasteiger partial charge in [-0.3, -0.25) is 4.79 Å². The number of amides is 1. The summed E-state index contributed by atoms with van der Waals surface area (Å²) in [5, 5.41) is 4.15. The van der Waals surface area contributed by atoms with Crippen LogP contribution >= 0.6 is 11.3 Å². The summed E-state index contributed by atoms with van der Waals surface area (Å²) in [6.07, 6.45) is 2.18. The zero-order chi connectivity index (χ0) is 16.9. The van der Waals surface area contributed by atoms with Crippen molar-refractivity contribution in [2.24, 2.45) is 0 Å². The average molecular weight is 338 g/mol. The molecular weight excluding hydrogens is 316 g/mol. The summed E-state index contributed by atoms with van der Waals surface area (Å²) in [6, 6.07) is 16.2. The highest BCUT2D eigenvalue weighted by Gasteiger charge is 2.10. The SMILES string of the molecule is CC(C)c1ccccc1NC(=O)CCCc1nc2ccccc2s1. The predicted molar refractivity (Wildman–Crippen MR) is 102 cm³/mol. The molecule has 3 nitrogen and oxygen atoms in total. The van der Waals surface area contributed by atoms with Crippen LogP contribution in [0.3, 0.4) is 0 Å². The number of nitrogens with zero attached hydrogens (tertiary/aromatic N) is 1. The molecule has 0 aliphatic carbocycles. The molecule has 0 saturated carbocycles. The molecule has 0 bridgehead atoms. The van der Waals surface area contributed by atoms with E-state index < -0.39 is 0 Å². The first-order valence-electron chi connectivity index (χ1n) is 8.36. The van der Waals surface area contributed by atoms with Gasteiger partial charge >= 0.3 is 0 Å². The molecule has 1 amide bonds. The van der Waals surface area contributed by atoms with E-state index in [0.29, 0.717) is 12.3 Å². The van der Waals surface area contributed by atoms with Crippen LogP contribution in [0.1, 0.15) is 43.2 Å². The predicted octanol–water partition coefficient (Wildman–Crippen LogP) is 5.38. The summed E-state index contributed by atoms with van der Waals surface area (Å²) >= 11 is 1.72. The summed E-state index contributed by atoms with van der Waals surface area (Å²) in [5.41, 5.74) is 3.15. The van der Waals surface area contributed by atoms with E-state index in [9.17, 15) is 4.79 Å². The molecule has 0 atom stereocenters. The third-order valence-electron chi connectivity index (χ3n) is 3.99. The second kappa shape index (κ2) is 7.58. The van der Waals surface area contributed by atoms with E-state index in [1.54, 1.807) is 11.3 Å². The third kappa shape index (κ3) is 4.01. The molecule has 3 rings (SSSR count). The number of nitrogens with one attached hydrogen (secondary N) is 1. The average Bonchev–Trinajstić information content (AvgIpc) is 2.97. The van der Waals surface area contributed by atoms with Crippen molar-refractivity contribution in [1.29, 1.82) is 0 Å². The fraction of sp³-hybridized carbons (Fsp3) is 0.300. The Morgan fingerprint density at radius 3 is 2.67 bits per heavy atom. The minimum Gasteiger partial charge on any atom is -0.326 e. The quantitative estimate of drug-likeness (QED) is 0.655. The van der Waals surface area contributed by atoms with E-state index in [0.717, 1.165) is 29.1 Å². The van der Waals surface area contributed by atoms with Crippen molar-refractivity contribution in [2.45, 2.75) is 39.0 Å². The topological polar surface area (TPSA) is 42.0 Å². The van der Waals surface area contributed by atoms with Gasteiger partial charge in [0.2, 0.25) is 5.91 Å². The Morgan fingerprint density at radius 1 is 1.12 bits per heavy atom. The van der Waals surface area contributed by atoms with E-state index in [1.807, 2.05) is 36.4 Å². The minimum absolute atomic E-state index is 0.0733. The van der Waals surface area contributed by atoms with E-state index in [1.165, 1.54) is 10.3 Å². The number of anilines is 1. The molecule has 1 N–H and O–H groups in total. The molecule has 0 radical (unpaired) electrons. The first-order valence-corrected chi connectivity index (χ1v) is 9.18. The maximum atomic E-state index is 12.2. The number of carbonyl (C=O) groups is 1. The Bertz CT molecular complexity index is 805. The van der Waals surface area contributed by atoms with Crippen LogP contribution in [-0.2, 0) is 11.2 Å². The van der Waals surface area contributed by atoms with Crippen molar-refractivity contribution in [3.8, 4) is 0 Å². The van der Waals surface area contributed by atoms with Crippen LogP contribution in [0.15, 0.2) is 48.5 Å². The van der Waals surface area contributed by atoms with Crippen molar-refractivity contribution in [1.82, 2.24) is 4.98 Å². The first kappa shape index (κ1) is 16.7. The number of para-hydroxylation sites is 2. The first-order chi connectivity index (χ1) is 11.6. The van der Waals surface area contributed by atoms with Crippen LogP contribution in [0, 0.1) is 0 Å². The number of aromatic nitrogens is 1. The van der Waals surface area contributed by atoms with Gasteiger partial charge in [-0.25, -0.2) is 4.98 Å². The zero-order valence-electron chi connectivity index (χ0n) is 14.1. The van der Waals surface area contributed by atoms with Gasteiger partial charge in [0.15, 0.2) is 0 Å². The van der Waals surface area contributed by atoms with E-state index >= 15 is 0 Å². The fourth-order valence-electron chi connectivity index (χ4n) is 2.75. The Balaban J connectivity index is 1.54. The minimum atomic E-state index is 0.0733. The Hall–Kier alpha value is -2.20. The Kier molecular flexibility index (Phi) is 5.26. The summed E-state index contributed by atoms with van der Waals surface area (Å²) < 4.78 is 1.21. The molecule has 0 aliphatic rings. The number of rotatable bonds is 6. The van der Waals surface area contributed by atoms with Gasteiger partial charge < -0.3 is 5.32 Å². The van der Waals surface area contributed by atoms with Crippen LogP contribution in [-0.4, -0.2) is 10.9 Å². The number of hydrogen-bond acceptors (Lipinski definition) is 3. The summed E-state index contributed by atoms with van der Waals surface area (Å²) in [6.45, 7) is 4.27. The van der Waals surface area contributed by atoms with Crippen molar-refractivity contribution in [2.75, 3.05) is 5.32 Å². The molecule has 0 saturated heterocycles. The second-order valence-electron chi connectivity index (χ2n) is 6.22. The lowest BCUT2D eigenvalue weighted by atomic mass is 10.0. The largest absolute Gasteiger partial charge is 0.326 e. The zero-order valence-corrected chi connectivity index (χ0v) is 14.9. The lowest BCUT2D eigenvalue weighted by Crippen LogP contribution is -2.13. The number of aryl methyl sites for hydroxylation is 1. The van der Waals surface area contributed by atoms with Gasteiger partial charge in [-0.2, -0.15) is 0 Å². The number of carbonyl (C=O) groups excluding carboxylic acids is 1. The lowest BCUT2D eigenvalue weighted by Gasteiger charge is -2.13. The van der Waals surface area contributed by atoms with Crippen molar-refractivity contribution < 1.29 is 4.79 Å². The van der Waals surface area contributed by atoms with Crippen LogP contribution in [0.2, 0.25) is 0 Å². The van der Waals surface area contributed by atoms with Gasteiger partial charge in [-0.05, 0) is 42.5 Å². The van der Waals surface area contributed by atoms with Crippen molar-refractivity contribution in [3.05, 3.63) is 59.1 Å². The highest BCUT2D eigenvalue weighted by molar-refractivity contribution is 7.18. The van der Waals surface area contributed by atoms with Gasteiger partial charge in [-0.1, -0.05) is 44.2 Å². The smallest absolute Gasteiger partial charge is 0.224 e. The number of hydrogen-bond donors (Lipinski definition) is 1. The van der Waals surface area contributed by atoms with Gasteiger partial charge in [0.1, 0.15) is 0 Å². The standard InChI is InChI=1S/C20H22N2OS/c1-14(2)15-8-3-4-9-16(15)21-19(23)12-7-13-20-22-17-10-5-6-11-18(17)24-20/h3-6,8-11,14H,7,12-13H2,1-2H3,(H,21,23). The monoisotopic (exact) mass is 338 g/mol. The lowest BCUT2D eigenvalue weighted by molar-refractivity contribution is -0.116. The summed E-state index contributed by atoms with van der Waals surface area (Å²) in [7, 11) is 0. The number of thiazole rings is 1. The van der Waals surface area contributed by atoms with Gasteiger partial charge in [0, 0.05) is 12.1 Å². The molecule has 3 aromatic rings. The van der Waals surface area contributed by atoms with Crippen LogP contribution in [0.4, 0.5) is 5.69 Å². The summed E-state index contributed by atoms with van der Waals surface area (Å²) in [5.74, 6) is 0.466. The van der Waals surface area contributed by atoms with E-state index in [4.69, 9.17) is 0 Å². The molecule has 124 valence electrons. The van der Waals surface area contributed by atoms with Gasteiger partial charge in [0.25, 0.3) is 0 Å².